The molecule has 0 spiro atoms. The molecule has 0 radical (unpaired) electrons. The number of nitrogens with zero attached hydrogens (tertiary/aromatic N) is 2. The summed E-state index contributed by atoms with van der Waals surface area (Å²) < 4.78 is 1.82. The normalized spacial score (nSPS) is 12.7. The third kappa shape index (κ3) is 2.67. The summed E-state index contributed by atoms with van der Waals surface area (Å²) in [6, 6.07) is 6.19. The molecule has 102 valence electrons. The number of rotatable bonds is 3. The molecule has 1 unspecified atom stereocenters. The maximum atomic E-state index is 6.38. The molecule has 0 saturated heterocycles. The van der Waals surface area contributed by atoms with Gasteiger partial charge in [-0.05, 0) is 37.5 Å². The summed E-state index contributed by atoms with van der Waals surface area (Å²) in [5, 5.41) is 5.06. The van der Waals surface area contributed by atoms with Gasteiger partial charge in [0.1, 0.15) is 0 Å². The maximum absolute atomic E-state index is 6.38. The average molecular weight is 278 g/mol. The van der Waals surface area contributed by atoms with Gasteiger partial charge in [-0.2, -0.15) is 5.10 Å². The zero-order chi connectivity index (χ0) is 14.2. The highest BCUT2D eigenvalue weighted by atomic mass is 35.5. The van der Waals surface area contributed by atoms with Crippen LogP contribution >= 0.6 is 11.6 Å². The van der Waals surface area contributed by atoms with Crippen LogP contribution < -0.4 is 5.73 Å². The lowest BCUT2D eigenvalue weighted by molar-refractivity contribution is 0.635. The van der Waals surface area contributed by atoms with E-state index in [2.05, 4.69) is 37.1 Å². The van der Waals surface area contributed by atoms with E-state index in [0.717, 1.165) is 16.4 Å². The second-order valence-corrected chi connectivity index (χ2v) is 5.46. The third-order valence-corrected chi connectivity index (χ3v) is 4.08. The van der Waals surface area contributed by atoms with Crippen LogP contribution in [0.15, 0.2) is 18.2 Å². The van der Waals surface area contributed by atoms with Crippen molar-refractivity contribution >= 4 is 11.6 Å². The van der Waals surface area contributed by atoms with E-state index >= 15 is 0 Å². The Morgan fingerprint density at radius 1 is 1.26 bits per heavy atom. The summed E-state index contributed by atoms with van der Waals surface area (Å²) in [7, 11) is 1.91. The molecule has 1 aromatic heterocycles. The van der Waals surface area contributed by atoms with Crippen LogP contribution in [0.5, 0.6) is 0 Å². The Hall–Kier alpha value is -1.32. The lowest BCUT2D eigenvalue weighted by Crippen LogP contribution is -2.18. The first-order chi connectivity index (χ1) is 8.91. The van der Waals surface area contributed by atoms with Gasteiger partial charge in [0.15, 0.2) is 0 Å². The van der Waals surface area contributed by atoms with Crippen molar-refractivity contribution in [3.63, 3.8) is 0 Å². The molecule has 0 bridgehead atoms. The summed E-state index contributed by atoms with van der Waals surface area (Å²) in [5.41, 5.74) is 11.9. The Labute approximate surface area is 119 Å². The lowest BCUT2D eigenvalue weighted by Gasteiger charge is -2.17. The van der Waals surface area contributed by atoms with E-state index in [9.17, 15) is 0 Å². The number of nitrogens with two attached hydrogens (primary N) is 1. The number of benzene rings is 1. The zero-order valence-electron chi connectivity index (χ0n) is 11.9. The second-order valence-electron chi connectivity index (χ2n) is 5.09. The van der Waals surface area contributed by atoms with Crippen molar-refractivity contribution in [2.45, 2.75) is 33.2 Å². The molecule has 1 atom stereocenters. The number of halogens is 1. The molecule has 1 aromatic carbocycles. The standard InChI is InChI=1S/C15H20ClN3/c1-9-6-5-7-10(2)14(9)12(17)8-13-15(16)11(3)18-19(13)4/h5-7,12H,8,17H2,1-4H3. The lowest BCUT2D eigenvalue weighted by atomic mass is 9.94. The van der Waals surface area contributed by atoms with Gasteiger partial charge in [0.25, 0.3) is 0 Å². The first-order valence-corrected chi connectivity index (χ1v) is 6.79. The van der Waals surface area contributed by atoms with Gasteiger partial charge >= 0.3 is 0 Å². The van der Waals surface area contributed by atoms with Crippen LogP contribution in [0.2, 0.25) is 5.02 Å². The molecule has 19 heavy (non-hydrogen) atoms. The van der Waals surface area contributed by atoms with Crippen LogP contribution in [-0.4, -0.2) is 9.78 Å². The Morgan fingerprint density at radius 3 is 2.32 bits per heavy atom. The molecular weight excluding hydrogens is 258 g/mol. The van der Waals surface area contributed by atoms with E-state index < -0.39 is 0 Å². The van der Waals surface area contributed by atoms with E-state index in [0.29, 0.717) is 6.42 Å². The van der Waals surface area contributed by atoms with Crippen molar-refractivity contribution in [1.29, 1.82) is 0 Å². The van der Waals surface area contributed by atoms with Crippen molar-refractivity contribution in [3.8, 4) is 0 Å². The molecule has 0 saturated carbocycles. The highest BCUT2D eigenvalue weighted by Crippen LogP contribution is 2.27. The SMILES string of the molecule is Cc1cccc(C)c1C(N)Cc1c(Cl)c(C)nn1C. The fourth-order valence-electron chi connectivity index (χ4n) is 2.62. The Kier molecular flexibility index (Phi) is 3.97. The van der Waals surface area contributed by atoms with Crippen LogP contribution in [0.3, 0.4) is 0 Å². The number of aryl methyl sites for hydroxylation is 4. The summed E-state index contributed by atoms with van der Waals surface area (Å²) >= 11 is 6.29. The highest BCUT2D eigenvalue weighted by molar-refractivity contribution is 6.31. The quantitative estimate of drug-likeness (QED) is 0.936. The van der Waals surface area contributed by atoms with Gasteiger partial charge in [0.05, 0.1) is 16.4 Å². The minimum absolute atomic E-state index is 0.0616. The molecule has 0 aliphatic rings. The Morgan fingerprint density at radius 2 is 1.84 bits per heavy atom. The monoisotopic (exact) mass is 277 g/mol. The summed E-state index contributed by atoms with van der Waals surface area (Å²) in [6.07, 6.45) is 0.696. The van der Waals surface area contributed by atoms with Crippen molar-refractivity contribution in [2.75, 3.05) is 0 Å². The predicted octanol–water partition coefficient (Wildman–Crippen LogP) is 3.24. The molecule has 2 rings (SSSR count). The van der Waals surface area contributed by atoms with Gasteiger partial charge in [-0.3, -0.25) is 4.68 Å². The minimum Gasteiger partial charge on any atom is -0.324 e. The molecule has 0 aliphatic heterocycles. The van der Waals surface area contributed by atoms with Crippen LogP contribution in [-0.2, 0) is 13.5 Å². The molecule has 4 heteroatoms. The molecule has 1 heterocycles. The predicted molar refractivity (Wildman–Crippen MR) is 79.5 cm³/mol. The largest absolute Gasteiger partial charge is 0.324 e. The van der Waals surface area contributed by atoms with Crippen LogP contribution in [0, 0.1) is 20.8 Å². The van der Waals surface area contributed by atoms with E-state index in [1.54, 1.807) is 0 Å². The molecule has 3 nitrogen and oxygen atoms in total. The first kappa shape index (κ1) is 14.1. The van der Waals surface area contributed by atoms with Crippen molar-refractivity contribution in [2.24, 2.45) is 12.8 Å². The molecule has 0 aliphatic carbocycles. The summed E-state index contributed by atoms with van der Waals surface area (Å²) in [4.78, 5) is 0. The minimum atomic E-state index is -0.0616. The Bertz CT molecular complexity index is 581. The van der Waals surface area contributed by atoms with Crippen molar-refractivity contribution < 1.29 is 0 Å². The van der Waals surface area contributed by atoms with E-state index in [1.165, 1.54) is 16.7 Å². The average Bonchev–Trinajstić information content (AvgIpc) is 2.56. The zero-order valence-corrected chi connectivity index (χ0v) is 12.6. The van der Waals surface area contributed by atoms with Crippen LogP contribution in [0.1, 0.15) is 34.1 Å². The molecule has 2 aromatic rings. The van der Waals surface area contributed by atoms with Gasteiger partial charge in [-0.1, -0.05) is 29.8 Å². The van der Waals surface area contributed by atoms with Crippen LogP contribution in [0.25, 0.3) is 0 Å². The molecule has 0 amide bonds. The number of hydrogen-bond donors (Lipinski definition) is 1. The maximum Gasteiger partial charge on any atom is 0.0847 e. The number of aromatic nitrogens is 2. The fourth-order valence-corrected chi connectivity index (χ4v) is 2.86. The van der Waals surface area contributed by atoms with Gasteiger partial charge < -0.3 is 5.73 Å². The van der Waals surface area contributed by atoms with Gasteiger partial charge in [-0.15, -0.1) is 0 Å². The van der Waals surface area contributed by atoms with E-state index in [1.807, 2.05) is 18.7 Å². The van der Waals surface area contributed by atoms with Crippen LogP contribution in [0.4, 0.5) is 0 Å². The number of hydrogen-bond acceptors (Lipinski definition) is 2. The van der Waals surface area contributed by atoms with Crippen molar-refractivity contribution in [3.05, 3.63) is 51.3 Å². The second kappa shape index (κ2) is 5.35. The first-order valence-electron chi connectivity index (χ1n) is 6.41. The van der Waals surface area contributed by atoms with Gasteiger partial charge in [0.2, 0.25) is 0 Å². The van der Waals surface area contributed by atoms with E-state index in [-0.39, 0.29) is 6.04 Å². The summed E-state index contributed by atoms with van der Waals surface area (Å²) in [5.74, 6) is 0. The smallest absolute Gasteiger partial charge is 0.0847 e. The highest BCUT2D eigenvalue weighted by Gasteiger charge is 2.18. The summed E-state index contributed by atoms with van der Waals surface area (Å²) in [6.45, 7) is 6.10. The van der Waals surface area contributed by atoms with E-state index in [4.69, 9.17) is 17.3 Å². The topological polar surface area (TPSA) is 43.8 Å². The Balaban J connectivity index is 2.33. The molecule has 0 fully saturated rings. The molecule has 2 N–H and O–H groups in total. The third-order valence-electron chi connectivity index (χ3n) is 3.59. The van der Waals surface area contributed by atoms with Crippen molar-refractivity contribution in [1.82, 2.24) is 9.78 Å². The van der Waals surface area contributed by atoms with Gasteiger partial charge in [-0.25, -0.2) is 0 Å². The van der Waals surface area contributed by atoms with Gasteiger partial charge in [0, 0.05) is 19.5 Å². The molecular formula is C15H20ClN3. The fraction of sp³-hybridized carbons (Fsp3) is 0.400.